The number of carbonyl (C=O) groups is 1. The first kappa shape index (κ1) is 22.3. The van der Waals surface area contributed by atoms with Crippen LogP contribution in [0.15, 0.2) is 48.7 Å². The van der Waals surface area contributed by atoms with E-state index < -0.39 is 41.3 Å². The van der Waals surface area contributed by atoms with Gasteiger partial charge in [-0.2, -0.15) is 10.2 Å². The normalized spacial score (nSPS) is 11.1. The summed E-state index contributed by atoms with van der Waals surface area (Å²) in [5.41, 5.74) is 2.35. The number of anilines is 1. The standard InChI is InChI=1S/C23H19F4N5O/c1-13-8-14(2)32(29-13)11-15-4-3-5-16(9-15)23(33)28-20-6-7-31(30-20)12-17-21(26)18(24)10-19(25)22(17)27/h3-10H,11-12H2,1-2H3,(H,28,30,33). The number of hydrogen-bond donors (Lipinski definition) is 1. The Balaban J connectivity index is 1.47. The van der Waals surface area contributed by atoms with E-state index in [1.807, 2.05) is 30.7 Å². The Labute approximate surface area is 186 Å². The number of halogens is 4. The zero-order valence-corrected chi connectivity index (χ0v) is 17.7. The Hall–Kier alpha value is -3.95. The minimum atomic E-state index is -1.50. The average Bonchev–Trinajstić information content (AvgIpc) is 3.34. The molecular formula is C23H19F4N5O. The van der Waals surface area contributed by atoms with Gasteiger partial charge in [0.1, 0.15) is 0 Å². The summed E-state index contributed by atoms with van der Waals surface area (Å²) in [6.07, 6.45) is 1.33. The van der Waals surface area contributed by atoms with E-state index in [0.29, 0.717) is 12.1 Å². The van der Waals surface area contributed by atoms with E-state index in [2.05, 4.69) is 15.5 Å². The summed E-state index contributed by atoms with van der Waals surface area (Å²) >= 11 is 0. The van der Waals surface area contributed by atoms with Crippen molar-refractivity contribution in [2.75, 3.05) is 5.32 Å². The molecule has 170 valence electrons. The fraction of sp³-hybridized carbons (Fsp3) is 0.174. The maximum absolute atomic E-state index is 13.9. The number of amides is 1. The maximum Gasteiger partial charge on any atom is 0.256 e. The second kappa shape index (κ2) is 8.89. The highest BCUT2D eigenvalue weighted by Gasteiger charge is 2.20. The van der Waals surface area contributed by atoms with Crippen molar-refractivity contribution in [3.8, 4) is 0 Å². The van der Waals surface area contributed by atoms with Crippen molar-refractivity contribution in [1.29, 1.82) is 0 Å². The van der Waals surface area contributed by atoms with Crippen LogP contribution in [0.4, 0.5) is 23.4 Å². The average molecular weight is 457 g/mol. The Kier molecular flexibility index (Phi) is 5.99. The number of carbonyl (C=O) groups excluding carboxylic acids is 1. The summed E-state index contributed by atoms with van der Waals surface area (Å²) in [5, 5.41) is 11.0. The second-order valence-corrected chi connectivity index (χ2v) is 7.58. The van der Waals surface area contributed by atoms with Crippen molar-refractivity contribution in [2.24, 2.45) is 0 Å². The number of rotatable bonds is 6. The molecule has 0 radical (unpaired) electrons. The van der Waals surface area contributed by atoms with Crippen molar-refractivity contribution in [2.45, 2.75) is 26.9 Å². The van der Waals surface area contributed by atoms with Crippen LogP contribution in [0.2, 0.25) is 0 Å². The molecule has 2 aromatic carbocycles. The van der Waals surface area contributed by atoms with E-state index >= 15 is 0 Å². The van der Waals surface area contributed by atoms with E-state index in [9.17, 15) is 22.4 Å². The number of aromatic nitrogens is 4. The fourth-order valence-corrected chi connectivity index (χ4v) is 3.45. The predicted octanol–water partition coefficient (Wildman–Crippen LogP) is 4.60. The molecule has 2 aromatic heterocycles. The molecule has 0 aliphatic heterocycles. The molecule has 1 amide bonds. The van der Waals surface area contributed by atoms with Gasteiger partial charge in [0.2, 0.25) is 0 Å². The zero-order valence-electron chi connectivity index (χ0n) is 17.7. The second-order valence-electron chi connectivity index (χ2n) is 7.58. The summed E-state index contributed by atoms with van der Waals surface area (Å²) in [7, 11) is 0. The van der Waals surface area contributed by atoms with Gasteiger partial charge in [0.15, 0.2) is 29.1 Å². The molecule has 4 rings (SSSR count). The smallest absolute Gasteiger partial charge is 0.256 e. The molecule has 6 nitrogen and oxygen atoms in total. The van der Waals surface area contributed by atoms with Crippen molar-refractivity contribution >= 4 is 11.7 Å². The van der Waals surface area contributed by atoms with Gasteiger partial charge >= 0.3 is 0 Å². The Bertz CT molecular complexity index is 1320. The van der Waals surface area contributed by atoms with E-state index in [0.717, 1.165) is 21.6 Å². The molecule has 4 aromatic rings. The van der Waals surface area contributed by atoms with Crippen LogP contribution in [0.5, 0.6) is 0 Å². The van der Waals surface area contributed by atoms with Crippen molar-refractivity contribution in [3.05, 3.63) is 100 Å². The SMILES string of the molecule is Cc1cc(C)n(Cc2cccc(C(=O)Nc3ccn(Cc4c(F)c(F)cc(F)c4F)n3)c2)n1. The molecule has 1 N–H and O–H groups in total. The van der Waals surface area contributed by atoms with Crippen LogP contribution in [0, 0.1) is 37.1 Å². The number of hydrogen-bond acceptors (Lipinski definition) is 3. The number of aryl methyl sites for hydroxylation is 2. The van der Waals surface area contributed by atoms with Crippen LogP contribution in [0.25, 0.3) is 0 Å². The summed E-state index contributed by atoms with van der Waals surface area (Å²) in [6.45, 7) is 3.79. The van der Waals surface area contributed by atoms with Crippen LogP contribution in [0.1, 0.15) is 32.9 Å². The van der Waals surface area contributed by atoms with Gasteiger partial charge in [-0.25, -0.2) is 17.6 Å². The Morgan fingerprint density at radius 3 is 2.33 bits per heavy atom. The zero-order chi connectivity index (χ0) is 23.7. The topological polar surface area (TPSA) is 64.7 Å². The van der Waals surface area contributed by atoms with Crippen LogP contribution in [-0.2, 0) is 13.1 Å². The Morgan fingerprint density at radius 1 is 0.939 bits per heavy atom. The highest BCUT2D eigenvalue weighted by atomic mass is 19.2. The van der Waals surface area contributed by atoms with E-state index in [4.69, 9.17) is 0 Å². The molecule has 0 fully saturated rings. The van der Waals surface area contributed by atoms with Gasteiger partial charge in [-0.15, -0.1) is 0 Å². The number of nitrogens with zero attached hydrogens (tertiary/aromatic N) is 4. The minimum Gasteiger partial charge on any atom is -0.305 e. The van der Waals surface area contributed by atoms with Crippen LogP contribution < -0.4 is 5.32 Å². The third-order valence-electron chi connectivity index (χ3n) is 5.03. The van der Waals surface area contributed by atoms with Crippen molar-refractivity contribution in [3.63, 3.8) is 0 Å². The third-order valence-corrected chi connectivity index (χ3v) is 5.03. The van der Waals surface area contributed by atoms with Gasteiger partial charge in [-0.1, -0.05) is 12.1 Å². The van der Waals surface area contributed by atoms with Gasteiger partial charge in [-0.3, -0.25) is 14.2 Å². The summed E-state index contributed by atoms with van der Waals surface area (Å²) in [5.74, 6) is -6.30. The molecule has 0 spiro atoms. The molecule has 0 saturated carbocycles. The van der Waals surface area contributed by atoms with Gasteiger partial charge in [-0.05, 0) is 37.6 Å². The number of nitrogens with one attached hydrogen (secondary N) is 1. The van der Waals surface area contributed by atoms with Crippen molar-refractivity contribution < 1.29 is 22.4 Å². The first-order chi connectivity index (χ1) is 15.7. The molecule has 0 bridgehead atoms. The van der Waals surface area contributed by atoms with Gasteiger partial charge in [0.05, 0.1) is 24.3 Å². The fourth-order valence-electron chi connectivity index (χ4n) is 3.45. The lowest BCUT2D eigenvalue weighted by atomic mass is 10.1. The van der Waals surface area contributed by atoms with Gasteiger partial charge in [0, 0.05) is 29.6 Å². The van der Waals surface area contributed by atoms with Crippen molar-refractivity contribution in [1.82, 2.24) is 19.6 Å². The van der Waals surface area contributed by atoms with E-state index in [-0.39, 0.29) is 11.9 Å². The van der Waals surface area contributed by atoms with Crippen LogP contribution in [0.3, 0.4) is 0 Å². The molecule has 10 heteroatoms. The van der Waals surface area contributed by atoms with E-state index in [1.165, 1.54) is 12.3 Å². The molecule has 2 heterocycles. The molecule has 0 atom stereocenters. The molecule has 0 aliphatic rings. The highest BCUT2D eigenvalue weighted by molar-refractivity contribution is 6.03. The predicted molar refractivity (Wildman–Crippen MR) is 113 cm³/mol. The first-order valence-corrected chi connectivity index (χ1v) is 9.98. The molecule has 0 unspecified atom stereocenters. The lowest BCUT2D eigenvalue weighted by Crippen LogP contribution is -2.14. The summed E-state index contributed by atoms with van der Waals surface area (Å²) in [6, 6.07) is 10.5. The quantitative estimate of drug-likeness (QED) is 0.340. The lowest BCUT2D eigenvalue weighted by molar-refractivity contribution is 0.102. The summed E-state index contributed by atoms with van der Waals surface area (Å²) < 4.78 is 57.5. The highest BCUT2D eigenvalue weighted by Crippen LogP contribution is 2.20. The largest absolute Gasteiger partial charge is 0.305 e. The van der Waals surface area contributed by atoms with Gasteiger partial charge < -0.3 is 5.32 Å². The summed E-state index contributed by atoms with van der Waals surface area (Å²) in [4.78, 5) is 12.7. The lowest BCUT2D eigenvalue weighted by Gasteiger charge is -2.08. The third kappa shape index (κ3) is 4.79. The van der Waals surface area contributed by atoms with E-state index in [1.54, 1.807) is 18.2 Å². The number of benzene rings is 2. The molecule has 0 saturated heterocycles. The molecular weight excluding hydrogens is 438 g/mol. The Morgan fingerprint density at radius 2 is 1.67 bits per heavy atom. The van der Waals surface area contributed by atoms with Crippen LogP contribution >= 0.6 is 0 Å². The maximum atomic E-state index is 13.9. The van der Waals surface area contributed by atoms with Gasteiger partial charge in [0.25, 0.3) is 5.91 Å². The monoisotopic (exact) mass is 457 g/mol. The molecule has 0 aliphatic carbocycles. The minimum absolute atomic E-state index is 0.113. The van der Waals surface area contributed by atoms with Crippen LogP contribution in [-0.4, -0.2) is 25.5 Å². The molecule has 33 heavy (non-hydrogen) atoms. The first-order valence-electron chi connectivity index (χ1n) is 9.98.